The molecule has 2 heterocycles. The molecule has 0 unspecified atom stereocenters. The van der Waals surface area contributed by atoms with Gasteiger partial charge in [0.25, 0.3) is 0 Å². The Morgan fingerprint density at radius 2 is 1.74 bits per heavy atom. The number of nitrogens with one attached hydrogen (secondary N) is 1. The SMILES string of the molecule is CCOC(=O)N1CCC(NS(=O)(=O)c2c(C)cc(N3CCCCS3(=O)=O)cc2C)CC1. The summed E-state index contributed by atoms with van der Waals surface area (Å²) in [6.45, 7) is 6.68. The van der Waals surface area contributed by atoms with Gasteiger partial charge in [0, 0.05) is 25.7 Å². The number of hydrogen-bond donors (Lipinski definition) is 1. The summed E-state index contributed by atoms with van der Waals surface area (Å²) in [6.07, 6.45) is 2.05. The third kappa shape index (κ3) is 5.32. The van der Waals surface area contributed by atoms with E-state index in [1.165, 1.54) is 4.31 Å². The Balaban J connectivity index is 1.75. The third-order valence-corrected chi connectivity index (χ3v) is 9.39. The topological polar surface area (TPSA) is 113 Å². The van der Waals surface area contributed by atoms with Gasteiger partial charge in [-0.05, 0) is 69.7 Å². The van der Waals surface area contributed by atoms with Crippen LogP contribution in [-0.4, -0.2) is 65.9 Å². The second-order valence-corrected chi connectivity index (χ2v) is 11.7. The van der Waals surface area contributed by atoms with Gasteiger partial charge in [-0.3, -0.25) is 4.31 Å². The molecule has 0 atom stereocenters. The van der Waals surface area contributed by atoms with Crippen molar-refractivity contribution in [1.29, 1.82) is 0 Å². The summed E-state index contributed by atoms with van der Waals surface area (Å²) in [5.74, 6) is 0.108. The number of amides is 1. The molecular formula is C20H31N3O6S2. The molecule has 0 aliphatic carbocycles. The van der Waals surface area contributed by atoms with Gasteiger partial charge >= 0.3 is 6.09 Å². The quantitative estimate of drug-likeness (QED) is 0.701. The second kappa shape index (κ2) is 9.33. The molecule has 2 aliphatic rings. The number of hydrogen-bond acceptors (Lipinski definition) is 6. The molecule has 0 radical (unpaired) electrons. The van der Waals surface area contributed by atoms with Crippen molar-refractivity contribution in [3.63, 3.8) is 0 Å². The molecule has 174 valence electrons. The largest absolute Gasteiger partial charge is 0.450 e. The van der Waals surface area contributed by atoms with Crippen LogP contribution in [0.25, 0.3) is 0 Å². The Bertz CT molecular complexity index is 1010. The predicted octanol–water partition coefficient (Wildman–Crippen LogP) is 2.13. The standard InChI is InChI=1S/C20H31N3O6S2/c1-4-29-20(24)22-10-7-17(8-11-22)21-31(27,28)19-15(2)13-18(14-16(19)3)23-9-5-6-12-30(23,25)26/h13-14,17,21H,4-12H2,1-3H3. The summed E-state index contributed by atoms with van der Waals surface area (Å²) in [7, 11) is -7.17. The van der Waals surface area contributed by atoms with E-state index >= 15 is 0 Å². The van der Waals surface area contributed by atoms with Crippen molar-refractivity contribution in [3.05, 3.63) is 23.3 Å². The molecule has 9 nitrogen and oxygen atoms in total. The van der Waals surface area contributed by atoms with Gasteiger partial charge in [0.15, 0.2) is 0 Å². The zero-order chi connectivity index (χ0) is 22.8. The van der Waals surface area contributed by atoms with Gasteiger partial charge < -0.3 is 9.64 Å². The number of likely N-dealkylation sites (tertiary alicyclic amines) is 1. The number of piperidine rings is 1. The first-order valence-corrected chi connectivity index (χ1v) is 13.7. The van der Waals surface area contributed by atoms with Crippen LogP contribution in [0.1, 0.15) is 43.7 Å². The molecule has 3 rings (SSSR count). The number of carbonyl (C=O) groups excluding carboxylic acids is 1. The van der Waals surface area contributed by atoms with E-state index in [2.05, 4.69) is 4.72 Å². The maximum absolute atomic E-state index is 13.1. The molecule has 0 aromatic heterocycles. The van der Waals surface area contributed by atoms with Gasteiger partial charge in [-0.25, -0.2) is 26.4 Å². The second-order valence-electron chi connectivity index (χ2n) is 8.09. The van der Waals surface area contributed by atoms with E-state index in [-0.39, 0.29) is 22.8 Å². The molecule has 2 aliphatic heterocycles. The summed E-state index contributed by atoms with van der Waals surface area (Å²) in [4.78, 5) is 13.6. The molecular weight excluding hydrogens is 442 g/mol. The van der Waals surface area contributed by atoms with Crippen LogP contribution in [0.2, 0.25) is 0 Å². The van der Waals surface area contributed by atoms with Gasteiger partial charge in [0.2, 0.25) is 20.0 Å². The van der Waals surface area contributed by atoms with E-state index in [1.54, 1.807) is 37.8 Å². The number of aryl methyl sites for hydroxylation is 2. The lowest BCUT2D eigenvalue weighted by Gasteiger charge is -2.32. The highest BCUT2D eigenvalue weighted by molar-refractivity contribution is 7.92. The summed E-state index contributed by atoms with van der Waals surface area (Å²) >= 11 is 0. The fourth-order valence-corrected chi connectivity index (χ4v) is 7.63. The molecule has 0 bridgehead atoms. The molecule has 2 fully saturated rings. The number of anilines is 1. The average Bonchev–Trinajstić information content (AvgIpc) is 2.67. The van der Waals surface area contributed by atoms with Crippen molar-refractivity contribution >= 4 is 31.8 Å². The number of benzene rings is 1. The molecule has 11 heteroatoms. The highest BCUT2D eigenvalue weighted by Crippen LogP contribution is 2.30. The van der Waals surface area contributed by atoms with Gasteiger partial charge in [0.05, 0.1) is 22.9 Å². The first kappa shape index (κ1) is 23.8. The Morgan fingerprint density at radius 1 is 1.13 bits per heavy atom. The lowest BCUT2D eigenvalue weighted by atomic mass is 10.1. The van der Waals surface area contributed by atoms with Gasteiger partial charge in [0.1, 0.15) is 0 Å². The number of carbonyl (C=O) groups is 1. The van der Waals surface area contributed by atoms with Crippen molar-refractivity contribution in [1.82, 2.24) is 9.62 Å². The van der Waals surface area contributed by atoms with Crippen LogP contribution >= 0.6 is 0 Å². The highest BCUT2D eigenvalue weighted by atomic mass is 32.2. The van der Waals surface area contributed by atoms with Crippen LogP contribution < -0.4 is 9.03 Å². The number of rotatable bonds is 5. The smallest absolute Gasteiger partial charge is 0.409 e. The van der Waals surface area contributed by atoms with Crippen molar-refractivity contribution in [2.45, 2.75) is 57.4 Å². The minimum atomic E-state index is -3.80. The molecule has 0 spiro atoms. The van der Waals surface area contributed by atoms with Gasteiger partial charge in [-0.1, -0.05) is 0 Å². The van der Waals surface area contributed by atoms with Gasteiger partial charge in [-0.15, -0.1) is 0 Å². The summed E-state index contributed by atoms with van der Waals surface area (Å²) in [6, 6.07) is 2.98. The Hall–Kier alpha value is -1.85. The molecule has 2 saturated heterocycles. The number of sulfonamides is 2. The molecule has 1 amide bonds. The minimum absolute atomic E-state index is 0.108. The van der Waals surface area contributed by atoms with Crippen LogP contribution in [-0.2, 0) is 24.8 Å². The fraction of sp³-hybridized carbons (Fsp3) is 0.650. The van der Waals surface area contributed by atoms with E-state index in [4.69, 9.17) is 4.74 Å². The molecule has 1 aromatic rings. The Kier molecular flexibility index (Phi) is 7.17. The maximum Gasteiger partial charge on any atom is 0.409 e. The van der Waals surface area contributed by atoms with E-state index < -0.39 is 20.0 Å². The van der Waals surface area contributed by atoms with Crippen LogP contribution in [0.5, 0.6) is 0 Å². The first-order valence-electron chi connectivity index (χ1n) is 10.6. The lowest BCUT2D eigenvalue weighted by molar-refractivity contribution is 0.0966. The average molecular weight is 474 g/mol. The molecule has 1 aromatic carbocycles. The lowest BCUT2D eigenvalue weighted by Crippen LogP contribution is -2.46. The van der Waals surface area contributed by atoms with Crippen LogP contribution in [0.3, 0.4) is 0 Å². The van der Waals surface area contributed by atoms with E-state index in [1.807, 2.05) is 0 Å². The summed E-state index contributed by atoms with van der Waals surface area (Å²) in [5.41, 5.74) is 1.52. The Labute approximate surface area is 184 Å². The summed E-state index contributed by atoms with van der Waals surface area (Å²) in [5, 5.41) is 0. The predicted molar refractivity (Wildman–Crippen MR) is 118 cm³/mol. The van der Waals surface area contributed by atoms with Crippen LogP contribution in [0, 0.1) is 13.8 Å². The zero-order valence-corrected chi connectivity index (χ0v) is 19.9. The molecule has 31 heavy (non-hydrogen) atoms. The fourth-order valence-electron chi connectivity index (χ4n) is 4.25. The molecule has 1 N–H and O–H groups in total. The van der Waals surface area contributed by atoms with Crippen molar-refractivity contribution in [2.75, 3.05) is 36.3 Å². The van der Waals surface area contributed by atoms with Crippen molar-refractivity contribution < 1.29 is 26.4 Å². The zero-order valence-electron chi connectivity index (χ0n) is 18.3. The highest BCUT2D eigenvalue weighted by Gasteiger charge is 2.31. The third-order valence-electron chi connectivity index (χ3n) is 5.69. The molecule has 0 saturated carbocycles. The first-order chi connectivity index (χ1) is 14.5. The van der Waals surface area contributed by atoms with Crippen molar-refractivity contribution in [3.8, 4) is 0 Å². The van der Waals surface area contributed by atoms with E-state index in [9.17, 15) is 21.6 Å². The van der Waals surface area contributed by atoms with Crippen molar-refractivity contribution in [2.24, 2.45) is 0 Å². The monoisotopic (exact) mass is 473 g/mol. The van der Waals surface area contributed by atoms with E-state index in [0.717, 1.165) is 6.42 Å². The van der Waals surface area contributed by atoms with Crippen LogP contribution in [0.4, 0.5) is 10.5 Å². The summed E-state index contributed by atoms with van der Waals surface area (Å²) < 4.78 is 60.2. The normalized spacial score (nSPS) is 20.0. The Morgan fingerprint density at radius 3 is 2.29 bits per heavy atom. The minimum Gasteiger partial charge on any atom is -0.450 e. The van der Waals surface area contributed by atoms with Crippen LogP contribution in [0.15, 0.2) is 17.0 Å². The number of ether oxygens (including phenoxy) is 1. The number of nitrogens with zero attached hydrogens (tertiary/aromatic N) is 2. The van der Waals surface area contributed by atoms with Gasteiger partial charge in [-0.2, -0.15) is 0 Å². The van der Waals surface area contributed by atoms with E-state index in [0.29, 0.717) is 62.3 Å². The maximum atomic E-state index is 13.1.